The van der Waals surface area contributed by atoms with Crippen LogP contribution < -0.4 is 15.4 Å². The lowest BCUT2D eigenvalue weighted by Gasteiger charge is -2.07. The lowest BCUT2D eigenvalue weighted by Crippen LogP contribution is -2.19. The maximum Gasteiger partial charge on any atom is 0.165 e. The number of nitrogens with one attached hydrogen (secondary N) is 2. The summed E-state index contributed by atoms with van der Waals surface area (Å²) in [6, 6.07) is 15.8. The number of unbranched alkanes of at least 4 members (excludes halogenated alkanes) is 3. The number of hydrogen-bond donors (Lipinski definition) is 2. The Morgan fingerprint density at radius 1 is 0.741 bits per heavy atom. The molecule has 0 heterocycles. The third-order valence-electron chi connectivity index (χ3n) is 4.70. The van der Waals surface area contributed by atoms with Crippen LogP contribution in [0.3, 0.4) is 0 Å². The molecule has 0 aliphatic rings. The van der Waals surface area contributed by atoms with Crippen LogP contribution in [0.15, 0.2) is 48.5 Å². The molecular weight excluding hydrogens is 339 g/mol. The van der Waals surface area contributed by atoms with Crippen LogP contribution in [0.5, 0.6) is 5.75 Å². The minimum Gasteiger partial charge on any atom is -0.494 e. The van der Waals surface area contributed by atoms with Gasteiger partial charge in [0.1, 0.15) is 0 Å². The van der Waals surface area contributed by atoms with E-state index in [0.717, 1.165) is 44.6 Å². The largest absolute Gasteiger partial charge is 0.494 e. The van der Waals surface area contributed by atoms with Gasteiger partial charge in [-0.1, -0.05) is 49.2 Å². The number of benzene rings is 2. The zero-order chi connectivity index (χ0) is 19.2. The number of halogens is 1. The minimum absolute atomic E-state index is 0.285. The van der Waals surface area contributed by atoms with E-state index in [1.807, 2.05) is 6.07 Å². The fourth-order valence-corrected chi connectivity index (χ4v) is 3.08. The molecule has 2 aromatic rings. The highest BCUT2D eigenvalue weighted by Gasteiger charge is 2.03. The molecule has 0 aromatic heterocycles. The molecule has 0 amide bonds. The molecule has 0 spiro atoms. The average molecular weight is 373 g/mol. The summed E-state index contributed by atoms with van der Waals surface area (Å²) in [6.45, 7) is 4.06. The highest BCUT2D eigenvalue weighted by molar-refractivity contribution is 5.29. The van der Waals surface area contributed by atoms with E-state index in [1.54, 1.807) is 12.1 Å². The first kappa shape index (κ1) is 21.4. The van der Waals surface area contributed by atoms with Crippen LogP contribution in [-0.2, 0) is 12.8 Å². The Labute approximate surface area is 163 Å². The Morgan fingerprint density at radius 3 is 1.96 bits per heavy atom. The molecule has 4 heteroatoms. The van der Waals surface area contributed by atoms with Crippen LogP contribution in [0.2, 0.25) is 0 Å². The first-order chi connectivity index (χ1) is 13.3. The van der Waals surface area contributed by atoms with Crippen LogP contribution in [0.25, 0.3) is 0 Å². The lowest BCUT2D eigenvalue weighted by atomic mass is 10.1. The topological polar surface area (TPSA) is 33.3 Å². The number of rotatable bonds is 14. The van der Waals surface area contributed by atoms with Crippen molar-refractivity contribution in [3.8, 4) is 5.75 Å². The normalized spacial score (nSPS) is 10.9. The Hall–Kier alpha value is -1.91. The van der Waals surface area contributed by atoms with E-state index >= 15 is 0 Å². The molecule has 0 bridgehead atoms. The van der Waals surface area contributed by atoms with Crippen LogP contribution in [0, 0.1) is 5.82 Å². The summed E-state index contributed by atoms with van der Waals surface area (Å²) in [7, 11) is 1.49. The first-order valence-corrected chi connectivity index (χ1v) is 10.1. The predicted octanol–water partition coefficient (Wildman–Crippen LogP) is 4.36. The summed E-state index contributed by atoms with van der Waals surface area (Å²) >= 11 is 0. The van der Waals surface area contributed by atoms with E-state index in [2.05, 4.69) is 41.0 Å². The quantitative estimate of drug-likeness (QED) is 0.484. The highest BCUT2D eigenvalue weighted by atomic mass is 19.1. The van der Waals surface area contributed by atoms with Gasteiger partial charge in [-0.25, -0.2) is 4.39 Å². The van der Waals surface area contributed by atoms with Gasteiger partial charge in [0, 0.05) is 0 Å². The smallest absolute Gasteiger partial charge is 0.165 e. The molecule has 0 atom stereocenters. The Morgan fingerprint density at radius 2 is 1.37 bits per heavy atom. The number of methoxy groups -OCH3 is 1. The predicted molar refractivity (Wildman–Crippen MR) is 111 cm³/mol. The molecule has 0 fully saturated rings. The van der Waals surface area contributed by atoms with Gasteiger partial charge in [0.15, 0.2) is 11.6 Å². The van der Waals surface area contributed by atoms with Gasteiger partial charge < -0.3 is 15.4 Å². The summed E-state index contributed by atoms with van der Waals surface area (Å²) in [5, 5.41) is 6.96. The molecule has 2 rings (SSSR count). The van der Waals surface area contributed by atoms with E-state index in [4.69, 9.17) is 4.74 Å². The fourth-order valence-electron chi connectivity index (χ4n) is 3.08. The molecule has 2 N–H and O–H groups in total. The molecule has 0 saturated heterocycles. The van der Waals surface area contributed by atoms with E-state index in [9.17, 15) is 4.39 Å². The monoisotopic (exact) mass is 372 g/mol. The molecule has 0 aliphatic carbocycles. The summed E-state index contributed by atoms with van der Waals surface area (Å²) in [5.74, 6) is 0.0219. The molecule has 148 valence electrons. The van der Waals surface area contributed by atoms with Crippen molar-refractivity contribution in [3.63, 3.8) is 0 Å². The van der Waals surface area contributed by atoms with Crippen molar-refractivity contribution in [2.75, 3.05) is 33.3 Å². The van der Waals surface area contributed by atoms with Crippen molar-refractivity contribution in [3.05, 3.63) is 65.5 Å². The van der Waals surface area contributed by atoms with Gasteiger partial charge in [0.2, 0.25) is 0 Å². The molecule has 0 radical (unpaired) electrons. The van der Waals surface area contributed by atoms with E-state index in [1.165, 1.54) is 38.4 Å². The Bertz CT molecular complexity index is 634. The second-order valence-corrected chi connectivity index (χ2v) is 6.87. The number of hydrogen-bond acceptors (Lipinski definition) is 3. The average Bonchev–Trinajstić information content (AvgIpc) is 2.69. The second-order valence-electron chi connectivity index (χ2n) is 6.87. The number of ether oxygens (including phenoxy) is 1. The van der Waals surface area contributed by atoms with Crippen molar-refractivity contribution in [1.82, 2.24) is 10.6 Å². The van der Waals surface area contributed by atoms with Crippen molar-refractivity contribution < 1.29 is 9.13 Å². The molecule has 2 aromatic carbocycles. The van der Waals surface area contributed by atoms with Gasteiger partial charge in [0.05, 0.1) is 7.11 Å². The van der Waals surface area contributed by atoms with Gasteiger partial charge >= 0.3 is 0 Å². The summed E-state index contributed by atoms with van der Waals surface area (Å²) in [6.07, 6.45) is 6.89. The van der Waals surface area contributed by atoms with Crippen LogP contribution >= 0.6 is 0 Å². The third-order valence-corrected chi connectivity index (χ3v) is 4.70. The first-order valence-electron chi connectivity index (χ1n) is 10.1. The molecule has 27 heavy (non-hydrogen) atoms. The third kappa shape index (κ3) is 9.03. The molecule has 3 nitrogen and oxygen atoms in total. The van der Waals surface area contributed by atoms with Gasteiger partial charge in [-0.3, -0.25) is 0 Å². The van der Waals surface area contributed by atoms with Crippen LogP contribution in [0.4, 0.5) is 4.39 Å². The Balaban J connectivity index is 1.38. The van der Waals surface area contributed by atoms with Gasteiger partial charge in [-0.05, 0) is 75.1 Å². The summed E-state index contributed by atoms with van der Waals surface area (Å²) in [4.78, 5) is 0. The van der Waals surface area contributed by atoms with E-state index < -0.39 is 0 Å². The Kier molecular flexibility index (Phi) is 10.5. The van der Waals surface area contributed by atoms with Crippen molar-refractivity contribution >= 4 is 0 Å². The molecular formula is C23H33FN2O. The lowest BCUT2D eigenvalue weighted by molar-refractivity contribution is 0.386. The van der Waals surface area contributed by atoms with Gasteiger partial charge in [0.25, 0.3) is 0 Å². The zero-order valence-corrected chi connectivity index (χ0v) is 16.5. The van der Waals surface area contributed by atoms with Crippen molar-refractivity contribution in [2.45, 2.75) is 38.5 Å². The maximum atomic E-state index is 13.6. The van der Waals surface area contributed by atoms with Crippen molar-refractivity contribution in [2.24, 2.45) is 0 Å². The van der Waals surface area contributed by atoms with Crippen LogP contribution in [-0.4, -0.2) is 33.3 Å². The standard InChI is InChI=1S/C23H33FN2O/c1-27-23-12-11-21(19-22(23)24)14-18-26-16-8-3-2-7-15-25-17-13-20-9-5-4-6-10-20/h4-6,9-12,19,25-26H,2-3,7-8,13-18H2,1H3. The molecule has 0 aliphatic heterocycles. The highest BCUT2D eigenvalue weighted by Crippen LogP contribution is 2.17. The van der Waals surface area contributed by atoms with Gasteiger partial charge in [-0.15, -0.1) is 0 Å². The summed E-state index contributed by atoms with van der Waals surface area (Å²) < 4.78 is 18.5. The SMILES string of the molecule is COc1ccc(CCNCCCCCCNCCc2ccccc2)cc1F. The van der Waals surface area contributed by atoms with Crippen molar-refractivity contribution in [1.29, 1.82) is 0 Å². The molecule has 0 unspecified atom stereocenters. The maximum absolute atomic E-state index is 13.6. The van der Waals surface area contributed by atoms with Crippen LogP contribution in [0.1, 0.15) is 36.8 Å². The van der Waals surface area contributed by atoms with E-state index in [-0.39, 0.29) is 5.82 Å². The summed E-state index contributed by atoms with van der Waals surface area (Å²) in [5.41, 5.74) is 2.40. The second kappa shape index (κ2) is 13.3. The fraction of sp³-hybridized carbons (Fsp3) is 0.478. The minimum atomic E-state index is -0.285. The van der Waals surface area contributed by atoms with Gasteiger partial charge in [-0.2, -0.15) is 0 Å². The van der Waals surface area contributed by atoms with E-state index in [0.29, 0.717) is 5.75 Å². The molecule has 0 saturated carbocycles. The zero-order valence-electron chi connectivity index (χ0n) is 16.5.